The summed E-state index contributed by atoms with van der Waals surface area (Å²) in [6.45, 7) is 10.9. The Morgan fingerprint density at radius 1 is 1.08 bits per heavy atom. The largest absolute Gasteiger partial charge is 0.369 e. The monoisotopic (exact) mass is 346 g/mol. The van der Waals surface area contributed by atoms with E-state index in [2.05, 4.69) is 27.7 Å². The van der Waals surface area contributed by atoms with E-state index in [0.29, 0.717) is 22.3 Å². The van der Waals surface area contributed by atoms with E-state index in [-0.39, 0.29) is 17.4 Å². The Labute approximate surface area is 152 Å². The Kier molecular flexibility index (Phi) is 4.77. The van der Waals surface area contributed by atoms with Crippen molar-refractivity contribution in [1.29, 1.82) is 0 Å². The molecule has 1 heterocycles. The Bertz CT molecular complexity index is 572. The summed E-state index contributed by atoms with van der Waals surface area (Å²) >= 11 is 0. The lowest BCUT2D eigenvalue weighted by Crippen LogP contribution is -2.60. The molecule has 0 amide bonds. The molecule has 3 rings (SSSR count). The predicted molar refractivity (Wildman–Crippen MR) is 99.3 cm³/mol. The molecule has 0 unspecified atom stereocenters. The highest BCUT2D eigenvalue weighted by atomic mass is 16.6. The fourth-order valence-corrected chi connectivity index (χ4v) is 6.35. The van der Waals surface area contributed by atoms with Crippen molar-refractivity contribution in [3.63, 3.8) is 0 Å². The Balaban J connectivity index is 1.85. The van der Waals surface area contributed by atoms with Gasteiger partial charge in [0.2, 0.25) is 0 Å². The first-order valence-corrected chi connectivity index (χ1v) is 9.96. The number of hydrogen-bond acceptors (Lipinski definition) is 3. The number of allylic oxidation sites excluding steroid dienone is 2. The van der Waals surface area contributed by atoms with Crippen LogP contribution in [0.5, 0.6) is 0 Å². The van der Waals surface area contributed by atoms with Crippen LogP contribution in [-0.4, -0.2) is 24.8 Å². The van der Waals surface area contributed by atoms with Crippen molar-refractivity contribution in [3.8, 4) is 0 Å². The highest BCUT2D eigenvalue weighted by Gasteiger charge is 2.69. The van der Waals surface area contributed by atoms with Gasteiger partial charge in [0.05, 0.1) is 12.2 Å². The van der Waals surface area contributed by atoms with E-state index in [1.807, 2.05) is 6.08 Å². The summed E-state index contributed by atoms with van der Waals surface area (Å²) in [4.78, 5) is 21.8. The molecule has 25 heavy (non-hydrogen) atoms. The highest BCUT2D eigenvalue weighted by Crippen LogP contribution is 2.72. The molecule has 0 aromatic rings. The maximum atomic E-state index is 11.1. The normalized spacial score (nSPS) is 42.7. The summed E-state index contributed by atoms with van der Waals surface area (Å²) < 4.78 is 6.06. The first-order valence-electron chi connectivity index (χ1n) is 9.96. The van der Waals surface area contributed by atoms with Crippen LogP contribution in [0.1, 0.15) is 79.1 Å². The molecular weight excluding hydrogens is 312 g/mol. The Hall–Kier alpha value is -0.960. The molecule has 1 spiro atoms. The minimum atomic E-state index is 0.0848. The van der Waals surface area contributed by atoms with E-state index in [9.17, 15) is 9.59 Å². The molecule has 0 aromatic carbocycles. The van der Waals surface area contributed by atoms with E-state index in [4.69, 9.17) is 4.74 Å². The maximum absolute atomic E-state index is 11.1. The van der Waals surface area contributed by atoms with Crippen molar-refractivity contribution in [2.45, 2.75) is 84.7 Å². The summed E-state index contributed by atoms with van der Waals surface area (Å²) in [6.07, 6.45) is 12.1. The lowest BCUT2D eigenvalue weighted by molar-refractivity contribution is -0.175. The average Bonchev–Trinajstić information content (AvgIpc) is 3.33. The van der Waals surface area contributed by atoms with Gasteiger partial charge in [-0.25, -0.2) is 0 Å². The molecule has 4 atom stereocenters. The lowest BCUT2D eigenvalue weighted by Gasteiger charge is -2.66. The minimum Gasteiger partial charge on any atom is -0.369 e. The van der Waals surface area contributed by atoms with Crippen LogP contribution in [0.15, 0.2) is 11.6 Å². The van der Waals surface area contributed by atoms with Gasteiger partial charge in [-0.3, -0.25) is 4.79 Å². The first-order chi connectivity index (χ1) is 11.7. The summed E-state index contributed by atoms with van der Waals surface area (Å²) in [5.41, 5.74) is 1.68. The van der Waals surface area contributed by atoms with Gasteiger partial charge >= 0.3 is 0 Å². The third kappa shape index (κ3) is 2.83. The molecule has 1 aliphatic heterocycles. The van der Waals surface area contributed by atoms with E-state index in [0.717, 1.165) is 32.0 Å². The van der Waals surface area contributed by atoms with Crippen LogP contribution >= 0.6 is 0 Å². The Morgan fingerprint density at radius 3 is 2.40 bits per heavy atom. The summed E-state index contributed by atoms with van der Waals surface area (Å²) in [7, 11) is 0. The van der Waals surface area contributed by atoms with Crippen LogP contribution in [-0.2, 0) is 14.3 Å². The first kappa shape index (κ1) is 18.8. The third-order valence-electron chi connectivity index (χ3n) is 8.55. The van der Waals surface area contributed by atoms with Crippen molar-refractivity contribution in [2.24, 2.45) is 22.2 Å². The molecule has 3 heteroatoms. The van der Waals surface area contributed by atoms with Crippen molar-refractivity contribution >= 4 is 12.6 Å². The SMILES string of the molecule is CC1(C)CCC[C@]2(C)[C@@H](CC/C=C(\C=O)CC=O)[C@]3(CC[C@]12C)CO3. The van der Waals surface area contributed by atoms with Crippen LogP contribution in [0.25, 0.3) is 0 Å². The van der Waals surface area contributed by atoms with Gasteiger partial charge in [-0.15, -0.1) is 0 Å². The standard InChI is InChI=1S/C22H34O3/c1-19(2)10-6-11-20(3)18(8-5-7-17(15-24)9-14-23)22(16-25-22)13-12-21(19,20)4/h7,14-15,18H,5-6,8-13,16H2,1-4H3/b17-7-/t18-,20-,21-,22+/m1/s1. The summed E-state index contributed by atoms with van der Waals surface area (Å²) in [6, 6.07) is 0. The lowest BCUT2D eigenvalue weighted by atomic mass is 9.38. The number of ether oxygens (including phenoxy) is 1. The second-order valence-corrected chi connectivity index (χ2v) is 9.74. The van der Waals surface area contributed by atoms with Gasteiger partial charge in [0.25, 0.3) is 0 Å². The quantitative estimate of drug-likeness (QED) is 0.391. The van der Waals surface area contributed by atoms with Crippen LogP contribution in [0.3, 0.4) is 0 Å². The average molecular weight is 347 g/mol. The van der Waals surface area contributed by atoms with Gasteiger partial charge in [-0.2, -0.15) is 0 Å². The van der Waals surface area contributed by atoms with Gasteiger partial charge < -0.3 is 9.53 Å². The van der Waals surface area contributed by atoms with Gasteiger partial charge in [-0.1, -0.05) is 40.2 Å². The van der Waals surface area contributed by atoms with Gasteiger partial charge in [0.1, 0.15) is 12.6 Å². The van der Waals surface area contributed by atoms with E-state index in [1.165, 1.54) is 32.1 Å². The van der Waals surface area contributed by atoms with E-state index >= 15 is 0 Å². The molecule has 2 saturated carbocycles. The number of carbonyl (C=O) groups excluding carboxylic acids is 2. The number of fused-ring (bicyclic) bond motifs is 1. The summed E-state index contributed by atoms with van der Waals surface area (Å²) in [5.74, 6) is 0.540. The zero-order chi connectivity index (χ0) is 18.3. The molecule has 1 saturated heterocycles. The van der Waals surface area contributed by atoms with Gasteiger partial charge in [-0.05, 0) is 66.3 Å². The third-order valence-corrected chi connectivity index (χ3v) is 8.55. The van der Waals surface area contributed by atoms with Crippen molar-refractivity contribution < 1.29 is 14.3 Å². The Morgan fingerprint density at radius 2 is 1.80 bits per heavy atom. The number of hydrogen-bond donors (Lipinski definition) is 0. The smallest absolute Gasteiger partial charge is 0.146 e. The zero-order valence-electron chi connectivity index (χ0n) is 16.4. The maximum Gasteiger partial charge on any atom is 0.146 e. The molecule has 0 bridgehead atoms. The highest BCUT2D eigenvalue weighted by molar-refractivity contribution is 5.78. The second kappa shape index (κ2) is 6.33. The van der Waals surface area contributed by atoms with Crippen LogP contribution in [0.4, 0.5) is 0 Å². The number of epoxide rings is 1. The number of aldehydes is 2. The fourth-order valence-electron chi connectivity index (χ4n) is 6.35. The summed E-state index contributed by atoms with van der Waals surface area (Å²) in [5, 5.41) is 0. The molecular formula is C22H34O3. The van der Waals surface area contributed by atoms with Crippen LogP contribution < -0.4 is 0 Å². The fraction of sp³-hybridized carbons (Fsp3) is 0.818. The molecule has 0 radical (unpaired) electrons. The zero-order valence-corrected chi connectivity index (χ0v) is 16.4. The van der Waals surface area contributed by atoms with E-state index < -0.39 is 0 Å². The molecule has 2 aliphatic carbocycles. The van der Waals surface area contributed by atoms with Crippen molar-refractivity contribution in [1.82, 2.24) is 0 Å². The molecule has 3 aliphatic rings. The molecule has 0 aromatic heterocycles. The molecule has 3 nitrogen and oxygen atoms in total. The minimum absolute atomic E-state index is 0.0848. The topological polar surface area (TPSA) is 46.7 Å². The van der Waals surface area contributed by atoms with Crippen molar-refractivity contribution in [2.75, 3.05) is 6.61 Å². The molecule has 140 valence electrons. The van der Waals surface area contributed by atoms with Crippen LogP contribution in [0.2, 0.25) is 0 Å². The van der Waals surface area contributed by atoms with Crippen molar-refractivity contribution in [3.05, 3.63) is 11.6 Å². The second-order valence-electron chi connectivity index (χ2n) is 9.74. The van der Waals surface area contributed by atoms with Gasteiger partial charge in [0.15, 0.2) is 0 Å². The predicted octanol–water partition coefficient (Wildman–Crippen LogP) is 4.88. The molecule has 0 N–H and O–H groups in total. The van der Waals surface area contributed by atoms with E-state index in [1.54, 1.807) is 0 Å². The molecule has 3 fully saturated rings. The number of rotatable bonds is 6. The number of carbonyl (C=O) groups is 2. The van der Waals surface area contributed by atoms with Crippen LogP contribution in [0, 0.1) is 22.2 Å². The van der Waals surface area contributed by atoms with Gasteiger partial charge in [0, 0.05) is 6.42 Å².